The molecular weight excluding hydrogens is 388 g/mol. The zero-order valence-corrected chi connectivity index (χ0v) is 18.4. The van der Waals surface area contributed by atoms with Gasteiger partial charge in [0.05, 0.1) is 12.2 Å². The van der Waals surface area contributed by atoms with Gasteiger partial charge in [0.25, 0.3) is 0 Å². The van der Waals surface area contributed by atoms with Crippen LogP contribution < -0.4 is 10.6 Å². The van der Waals surface area contributed by atoms with Crippen LogP contribution >= 0.6 is 23.6 Å². The average molecular weight is 419 g/mol. The fourth-order valence-corrected chi connectivity index (χ4v) is 4.21. The van der Waals surface area contributed by atoms with Crippen LogP contribution in [0, 0.1) is 0 Å². The van der Waals surface area contributed by atoms with Gasteiger partial charge in [0.15, 0.2) is 5.11 Å². The molecule has 0 aliphatic heterocycles. The molecule has 2 aromatic rings. The van der Waals surface area contributed by atoms with Gasteiger partial charge in [-0.3, -0.25) is 0 Å². The first-order chi connectivity index (χ1) is 13.6. The van der Waals surface area contributed by atoms with E-state index in [0.29, 0.717) is 17.3 Å². The quantitative estimate of drug-likeness (QED) is 0.275. The number of anilines is 1. The van der Waals surface area contributed by atoms with Gasteiger partial charge in [-0.2, -0.15) is 0 Å². The Labute approximate surface area is 177 Å². The van der Waals surface area contributed by atoms with Crippen LogP contribution in [-0.2, 0) is 11.2 Å². The summed E-state index contributed by atoms with van der Waals surface area (Å²) < 4.78 is 5.21. The van der Waals surface area contributed by atoms with Crippen molar-refractivity contribution >= 4 is 39.6 Å². The molecule has 0 saturated carbocycles. The van der Waals surface area contributed by atoms with Crippen molar-refractivity contribution < 1.29 is 9.53 Å². The van der Waals surface area contributed by atoms with E-state index in [2.05, 4.69) is 29.7 Å². The lowest BCUT2D eigenvalue weighted by atomic mass is 10.1. The maximum absolute atomic E-state index is 12.4. The van der Waals surface area contributed by atoms with E-state index in [0.717, 1.165) is 29.3 Å². The second-order valence-electron chi connectivity index (χ2n) is 6.63. The van der Waals surface area contributed by atoms with Crippen molar-refractivity contribution in [1.82, 2.24) is 5.32 Å². The van der Waals surface area contributed by atoms with E-state index in [1.807, 2.05) is 31.2 Å². The molecule has 2 rings (SSSR count). The summed E-state index contributed by atoms with van der Waals surface area (Å²) in [6.07, 6.45) is 6.86. The number of esters is 1. The molecule has 2 N–H and O–H groups in total. The van der Waals surface area contributed by atoms with Crippen LogP contribution in [0.1, 0.15) is 66.8 Å². The van der Waals surface area contributed by atoms with Crippen molar-refractivity contribution in [1.29, 1.82) is 0 Å². The normalized spacial score (nSPS) is 10.5. The van der Waals surface area contributed by atoms with E-state index in [-0.39, 0.29) is 5.97 Å². The minimum atomic E-state index is -0.317. The highest BCUT2D eigenvalue weighted by Gasteiger charge is 2.18. The van der Waals surface area contributed by atoms with Crippen LogP contribution in [0.25, 0.3) is 0 Å². The molecular formula is C22H30N2O2S2. The second-order valence-corrected chi connectivity index (χ2v) is 8.18. The van der Waals surface area contributed by atoms with Gasteiger partial charge in [-0.15, -0.1) is 11.3 Å². The summed E-state index contributed by atoms with van der Waals surface area (Å²) in [7, 11) is 0. The molecule has 6 heteroatoms. The fraction of sp³-hybridized carbons (Fsp3) is 0.455. The summed E-state index contributed by atoms with van der Waals surface area (Å²) >= 11 is 6.97. The minimum absolute atomic E-state index is 0.317. The largest absolute Gasteiger partial charge is 0.462 e. The third-order valence-electron chi connectivity index (χ3n) is 4.29. The van der Waals surface area contributed by atoms with Gasteiger partial charge < -0.3 is 15.4 Å². The third kappa shape index (κ3) is 7.60. The first-order valence-electron chi connectivity index (χ1n) is 10.0. The number of thiophene rings is 1. The van der Waals surface area contributed by atoms with Crippen molar-refractivity contribution in [3.05, 3.63) is 52.4 Å². The van der Waals surface area contributed by atoms with E-state index in [4.69, 9.17) is 17.0 Å². The standard InChI is InChI=1S/C22H30N2O2S2/c1-3-5-6-7-11-14-23-22(27)24-20-19(21(25)26-4-2)16-18(28-20)15-17-12-9-8-10-13-17/h8-10,12-13,16H,3-7,11,14-15H2,1-2H3,(H2,23,24,27). The predicted octanol–water partition coefficient (Wildman–Crippen LogP) is 5.77. The molecule has 28 heavy (non-hydrogen) atoms. The number of hydrogen-bond donors (Lipinski definition) is 2. The second kappa shape index (κ2) is 12.5. The Kier molecular flexibility index (Phi) is 10.0. The predicted molar refractivity (Wildman–Crippen MR) is 123 cm³/mol. The summed E-state index contributed by atoms with van der Waals surface area (Å²) in [5, 5.41) is 7.73. The lowest BCUT2D eigenvalue weighted by molar-refractivity contribution is 0.0528. The van der Waals surface area contributed by atoms with Gasteiger partial charge in [-0.1, -0.05) is 62.9 Å². The smallest absolute Gasteiger partial charge is 0.341 e. The van der Waals surface area contributed by atoms with E-state index < -0.39 is 0 Å². The van der Waals surface area contributed by atoms with Crippen molar-refractivity contribution in [2.45, 2.75) is 52.4 Å². The molecule has 0 saturated heterocycles. The maximum Gasteiger partial charge on any atom is 0.341 e. The maximum atomic E-state index is 12.4. The highest BCUT2D eigenvalue weighted by molar-refractivity contribution is 7.80. The molecule has 0 atom stereocenters. The molecule has 0 unspecified atom stereocenters. The molecule has 0 amide bonds. The monoisotopic (exact) mass is 418 g/mol. The van der Waals surface area contributed by atoms with Crippen LogP contribution in [0.5, 0.6) is 0 Å². The third-order valence-corrected chi connectivity index (χ3v) is 5.59. The van der Waals surface area contributed by atoms with E-state index >= 15 is 0 Å². The number of carbonyl (C=O) groups excluding carboxylic acids is 1. The molecule has 152 valence electrons. The molecule has 1 heterocycles. The van der Waals surface area contributed by atoms with Crippen molar-refractivity contribution in [2.75, 3.05) is 18.5 Å². The Morgan fingerprint density at radius 2 is 1.86 bits per heavy atom. The van der Waals surface area contributed by atoms with Gasteiger partial charge in [0, 0.05) is 17.8 Å². The number of nitrogens with one attached hydrogen (secondary N) is 2. The zero-order valence-electron chi connectivity index (χ0n) is 16.8. The molecule has 0 spiro atoms. The van der Waals surface area contributed by atoms with Crippen molar-refractivity contribution in [2.24, 2.45) is 0 Å². The Balaban J connectivity index is 1.98. The first-order valence-corrected chi connectivity index (χ1v) is 11.2. The Morgan fingerprint density at radius 1 is 1.11 bits per heavy atom. The SMILES string of the molecule is CCCCCCCNC(=S)Nc1sc(Cc2ccccc2)cc1C(=O)OCC. The molecule has 4 nitrogen and oxygen atoms in total. The number of hydrogen-bond acceptors (Lipinski definition) is 4. The summed E-state index contributed by atoms with van der Waals surface area (Å²) in [5.41, 5.74) is 1.75. The van der Waals surface area contributed by atoms with Crippen LogP contribution in [0.4, 0.5) is 5.00 Å². The van der Waals surface area contributed by atoms with Crippen LogP contribution in [0.2, 0.25) is 0 Å². The molecule has 1 aromatic carbocycles. The average Bonchev–Trinajstić information content (AvgIpc) is 3.07. The van der Waals surface area contributed by atoms with Gasteiger partial charge >= 0.3 is 5.97 Å². The zero-order chi connectivity index (χ0) is 20.2. The topological polar surface area (TPSA) is 50.4 Å². The fourth-order valence-electron chi connectivity index (χ4n) is 2.86. The molecule has 0 radical (unpaired) electrons. The first kappa shape index (κ1) is 22.4. The van der Waals surface area contributed by atoms with E-state index in [1.54, 1.807) is 11.3 Å². The summed E-state index contributed by atoms with van der Waals surface area (Å²) in [5.74, 6) is -0.317. The van der Waals surface area contributed by atoms with E-state index in [1.165, 1.54) is 31.2 Å². The van der Waals surface area contributed by atoms with E-state index in [9.17, 15) is 4.79 Å². The highest BCUT2D eigenvalue weighted by atomic mass is 32.1. The van der Waals surface area contributed by atoms with Gasteiger partial charge in [0.2, 0.25) is 0 Å². The molecule has 0 fully saturated rings. The Hall–Kier alpha value is -1.92. The highest BCUT2D eigenvalue weighted by Crippen LogP contribution is 2.30. The van der Waals surface area contributed by atoms with Crippen LogP contribution in [0.15, 0.2) is 36.4 Å². The number of rotatable bonds is 11. The Bertz CT molecular complexity index is 744. The summed E-state index contributed by atoms with van der Waals surface area (Å²) in [6.45, 7) is 5.22. The number of unbranched alkanes of at least 4 members (excludes halogenated alkanes) is 4. The molecule has 0 aliphatic rings. The summed E-state index contributed by atoms with van der Waals surface area (Å²) in [4.78, 5) is 13.5. The van der Waals surface area contributed by atoms with Crippen molar-refractivity contribution in [3.8, 4) is 0 Å². The molecule has 0 aliphatic carbocycles. The molecule has 0 bridgehead atoms. The number of thiocarbonyl (C=S) groups is 1. The van der Waals surface area contributed by atoms with Gasteiger partial charge in [-0.05, 0) is 37.2 Å². The lowest BCUT2D eigenvalue weighted by Crippen LogP contribution is -2.29. The van der Waals surface area contributed by atoms with Crippen molar-refractivity contribution in [3.63, 3.8) is 0 Å². The summed E-state index contributed by atoms with van der Waals surface area (Å²) in [6, 6.07) is 12.1. The van der Waals surface area contributed by atoms with Gasteiger partial charge in [0.1, 0.15) is 5.00 Å². The van der Waals surface area contributed by atoms with Gasteiger partial charge in [-0.25, -0.2) is 4.79 Å². The number of benzene rings is 1. The lowest BCUT2D eigenvalue weighted by Gasteiger charge is -2.10. The van der Waals surface area contributed by atoms with Crippen LogP contribution in [-0.4, -0.2) is 24.2 Å². The number of carbonyl (C=O) groups is 1. The minimum Gasteiger partial charge on any atom is -0.462 e. The molecule has 1 aromatic heterocycles. The van der Waals surface area contributed by atoms with Crippen LogP contribution in [0.3, 0.4) is 0 Å². The number of ether oxygens (including phenoxy) is 1. The Morgan fingerprint density at radius 3 is 2.57 bits per heavy atom.